The van der Waals surface area contributed by atoms with Crippen LogP contribution >= 0.6 is 11.8 Å². The van der Waals surface area contributed by atoms with Gasteiger partial charge in [0.1, 0.15) is 36.5 Å². The fraction of sp³-hybridized carbons (Fsp3) is 0.522. The van der Waals surface area contributed by atoms with E-state index in [-0.39, 0.29) is 17.7 Å². The Hall–Kier alpha value is -3.46. The molecule has 0 spiro atoms. The minimum Gasteiger partial charge on any atom is -0.508 e. The van der Waals surface area contributed by atoms with E-state index in [9.17, 15) is 29.5 Å². The molecule has 0 saturated heterocycles. The number of aromatic hydroxyl groups is 1. The number of carbonyl (C=O) groups is 4. The van der Waals surface area contributed by atoms with Crippen molar-refractivity contribution in [2.75, 3.05) is 32.2 Å². The largest absolute Gasteiger partial charge is 0.508 e. The van der Waals surface area contributed by atoms with Crippen molar-refractivity contribution >= 4 is 35.6 Å². The molecule has 3 N–H and O–H groups in total. The first-order valence-electron chi connectivity index (χ1n) is 10.7. The van der Waals surface area contributed by atoms with E-state index in [4.69, 9.17) is 4.74 Å². The molecule has 2 unspecified atom stereocenters. The van der Waals surface area contributed by atoms with Gasteiger partial charge in [-0.1, -0.05) is 18.2 Å². The Morgan fingerprint density at radius 3 is 2.43 bits per heavy atom. The third kappa shape index (κ3) is 9.74. The van der Waals surface area contributed by atoms with Crippen molar-refractivity contribution in [3.63, 3.8) is 0 Å². The van der Waals surface area contributed by atoms with E-state index >= 15 is 0 Å². The average Bonchev–Trinajstić information content (AvgIpc) is 2.79. The Bertz CT molecular complexity index is 943. The standard InChI is InChI=1S/C23H32N4O7S/c1-23(2,3)34-22(32)26-16(10-13-35-5)21(31)27(12-11-24)19(15-8-6-7-9-17(15)28)20(30)25-14-18(29)33-4/h6-9,16,19,28H,10,12-14H2,1-5H3,(H,25,30)(H,26,32). The Kier molecular flexibility index (Phi) is 11.9. The van der Waals surface area contributed by atoms with Gasteiger partial charge in [-0.25, -0.2) is 4.79 Å². The molecule has 2 atom stereocenters. The number of nitriles is 1. The van der Waals surface area contributed by atoms with Gasteiger partial charge >= 0.3 is 12.1 Å². The van der Waals surface area contributed by atoms with Crippen LogP contribution in [0.5, 0.6) is 5.75 Å². The Morgan fingerprint density at radius 1 is 1.23 bits per heavy atom. The number of ether oxygens (including phenoxy) is 2. The van der Waals surface area contributed by atoms with Crippen LogP contribution in [0.25, 0.3) is 0 Å². The quantitative estimate of drug-likeness (QED) is 0.299. The molecule has 0 radical (unpaired) electrons. The summed E-state index contributed by atoms with van der Waals surface area (Å²) in [6.07, 6.45) is 1.19. The lowest BCUT2D eigenvalue weighted by atomic mass is 10.0. The van der Waals surface area contributed by atoms with E-state index in [1.54, 1.807) is 26.8 Å². The molecule has 1 aromatic rings. The third-order valence-corrected chi connectivity index (χ3v) is 5.19. The fourth-order valence-electron chi connectivity index (χ4n) is 3.01. The second-order valence-corrected chi connectivity index (χ2v) is 9.35. The molecule has 1 aromatic carbocycles. The lowest BCUT2D eigenvalue weighted by Gasteiger charge is -2.33. The van der Waals surface area contributed by atoms with Crippen LogP contribution in [0.2, 0.25) is 0 Å². The van der Waals surface area contributed by atoms with E-state index in [0.29, 0.717) is 5.75 Å². The normalized spacial score (nSPS) is 12.5. The van der Waals surface area contributed by atoms with Gasteiger partial charge in [0.05, 0.1) is 13.2 Å². The summed E-state index contributed by atoms with van der Waals surface area (Å²) in [6, 6.07) is 5.10. The summed E-state index contributed by atoms with van der Waals surface area (Å²) in [4.78, 5) is 51.6. The minimum absolute atomic E-state index is 0.0411. The van der Waals surface area contributed by atoms with Crippen LogP contribution in [0, 0.1) is 11.3 Å². The van der Waals surface area contributed by atoms with E-state index in [1.165, 1.54) is 30.0 Å². The van der Waals surface area contributed by atoms with Gasteiger partial charge in [-0.3, -0.25) is 14.4 Å². The summed E-state index contributed by atoms with van der Waals surface area (Å²) in [5.74, 6) is -2.07. The van der Waals surface area contributed by atoms with Gasteiger partial charge in [0.15, 0.2) is 0 Å². The molecule has 0 aliphatic rings. The molecule has 192 valence electrons. The zero-order chi connectivity index (χ0) is 26.6. The number of nitrogens with zero attached hydrogens (tertiary/aromatic N) is 2. The molecule has 1 rings (SSSR count). The van der Waals surface area contributed by atoms with Crippen molar-refractivity contribution in [2.45, 2.75) is 44.9 Å². The molecule has 35 heavy (non-hydrogen) atoms. The molecule has 0 heterocycles. The number of nitrogens with one attached hydrogen (secondary N) is 2. The number of hydrogen-bond acceptors (Lipinski definition) is 9. The predicted molar refractivity (Wildman–Crippen MR) is 129 cm³/mol. The van der Waals surface area contributed by atoms with Crippen molar-refractivity contribution in [1.82, 2.24) is 15.5 Å². The van der Waals surface area contributed by atoms with Gasteiger partial charge in [-0.2, -0.15) is 17.0 Å². The zero-order valence-electron chi connectivity index (χ0n) is 20.5. The summed E-state index contributed by atoms with van der Waals surface area (Å²) < 4.78 is 9.80. The number of benzene rings is 1. The first-order chi connectivity index (χ1) is 16.4. The van der Waals surface area contributed by atoms with Crippen LogP contribution in [0.4, 0.5) is 4.79 Å². The summed E-state index contributed by atoms with van der Waals surface area (Å²) >= 11 is 1.44. The van der Waals surface area contributed by atoms with Crippen LogP contribution in [0.1, 0.15) is 38.8 Å². The first-order valence-corrected chi connectivity index (χ1v) is 12.1. The van der Waals surface area contributed by atoms with Gasteiger partial charge in [0, 0.05) is 5.56 Å². The van der Waals surface area contributed by atoms with E-state index < -0.39 is 54.7 Å². The number of carbonyl (C=O) groups excluding carboxylic acids is 4. The second kappa shape index (κ2) is 14.1. The number of methoxy groups -OCH3 is 1. The molecule has 0 aliphatic carbocycles. The molecule has 0 aromatic heterocycles. The van der Waals surface area contributed by atoms with Gasteiger partial charge in [0.2, 0.25) is 11.8 Å². The Labute approximate surface area is 209 Å². The van der Waals surface area contributed by atoms with Crippen molar-refractivity contribution in [2.24, 2.45) is 0 Å². The number of alkyl carbamates (subject to hydrolysis) is 1. The van der Waals surface area contributed by atoms with Gasteiger partial charge in [0.25, 0.3) is 0 Å². The highest BCUT2D eigenvalue weighted by Crippen LogP contribution is 2.29. The number of hydrogen-bond donors (Lipinski definition) is 3. The molecule has 3 amide bonds. The highest BCUT2D eigenvalue weighted by molar-refractivity contribution is 7.98. The maximum absolute atomic E-state index is 13.6. The maximum Gasteiger partial charge on any atom is 0.408 e. The minimum atomic E-state index is -1.47. The first kappa shape index (κ1) is 29.6. The topological polar surface area (TPSA) is 158 Å². The monoisotopic (exact) mass is 508 g/mol. The molecular formula is C23H32N4O7S. The number of phenols is 1. The van der Waals surface area contributed by atoms with Crippen LogP contribution in [-0.2, 0) is 23.9 Å². The van der Waals surface area contributed by atoms with Crippen LogP contribution in [-0.4, -0.2) is 77.7 Å². The molecule has 0 aliphatic heterocycles. The van der Waals surface area contributed by atoms with Crippen molar-refractivity contribution < 1.29 is 33.8 Å². The number of amides is 3. The van der Waals surface area contributed by atoms with E-state index in [0.717, 1.165) is 12.0 Å². The lowest BCUT2D eigenvalue weighted by molar-refractivity contribution is -0.144. The molecular weight excluding hydrogens is 476 g/mol. The van der Waals surface area contributed by atoms with Gasteiger partial charge in [-0.05, 0) is 45.3 Å². The van der Waals surface area contributed by atoms with Crippen LogP contribution < -0.4 is 10.6 Å². The summed E-state index contributed by atoms with van der Waals surface area (Å²) in [5.41, 5.74) is -0.769. The van der Waals surface area contributed by atoms with E-state index in [1.807, 2.05) is 12.3 Å². The second-order valence-electron chi connectivity index (χ2n) is 8.36. The van der Waals surface area contributed by atoms with Crippen molar-refractivity contribution in [3.05, 3.63) is 29.8 Å². The Morgan fingerprint density at radius 2 is 1.89 bits per heavy atom. The Balaban J connectivity index is 3.41. The smallest absolute Gasteiger partial charge is 0.408 e. The third-order valence-electron chi connectivity index (χ3n) is 4.55. The van der Waals surface area contributed by atoms with E-state index in [2.05, 4.69) is 15.4 Å². The predicted octanol–water partition coefficient (Wildman–Crippen LogP) is 1.72. The van der Waals surface area contributed by atoms with Crippen molar-refractivity contribution in [1.29, 1.82) is 5.26 Å². The summed E-state index contributed by atoms with van der Waals surface area (Å²) in [6.45, 7) is 4.00. The van der Waals surface area contributed by atoms with Gasteiger partial charge in [-0.15, -0.1) is 0 Å². The number of para-hydroxylation sites is 1. The van der Waals surface area contributed by atoms with Crippen molar-refractivity contribution in [3.8, 4) is 11.8 Å². The summed E-state index contributed by atoms with van der Waals surface area (Å²) in [7, 11) is 1.15. The van der Waals surface area contributed by atoms with Crippen LogP contribution in [0.3, 0.4) is 0 Å². The molecule has 12 heteroatoms. The highest BCUT2D eigenvalue weighted by Gasteiger charge is 2.37. The number of thioether (sulfide) groups is 1. The number of phenolic OH excluding ortho intramolecular Hbond substituents is 1. The van der Waals surface area contributed by atoms with Crippen LogP contribution in [0.15, 0.2) is 24.3 Å². The zero-order valence-corrected chi connectivity index (χ0v) is 21.3. The molecule has 11 nitrogen and oxygen atoms in total. The summed E-state index contributed by atoms with van der Waals surface area (Å²) in [5, 5.41) is 24.8. The molecule has 0 fully saturated rings. The fourth-order valence-corrected chi connectivity index (χ4v) is 3.48. The van der Waals surface area contributed by atoms with Gasteiger partial charge < -0.3 is 30.1 Å². The number of rotatable bonds is 11. The number of esters is 1. The lowest BCUT2D eigenvalue weighted by Crippen LogP contribution is -2.53. The maximum atomic E-state index is 13.6. The average molecular weight is 509 g/mol. The molecule has 0 saturated carbocycles. The molecule has 0 bridgehead atoms. The highest BCUT2D eigenvalue weighted by atomic mass is 32.2. The SMILES string of the molecule is COC(=O)CNC(=O)C(c1ccccc1O)N(CC#N)C(=O)C(CCSC)NC(=O)OC(C)(C)C.